The molecule has 1 aliphatic heterocycles. The van der Waals surface area contributed by atoms with Gasteiger partial charge in [-0.3, -0.25) is 15.1 Å². The summed E-state index contributed by atoms with van der Waals surface area (Å²) in [6, 6.07) is 20.1. The van der Waals surface area contributed by atoms with Gasteiger partial charge in [0.2, 0.25) is 0 Å². The number of β-amino-alcohol motifs (C(OH)–C–C–N with tert-alkyl or cyclic N) is 1. The van der Waals surface area contributed by atoms with Crippen molar-refractivity contribution < 1.29 is 19.4 Å². The van der Waals surface area contributed by atoms with Crippen LogP contribution in [0, 0.1) is 6.92 Å². The van der Waals surface area contributed by atoms with Crippen LogP contribution < -0.4 is 14.9 Å². The van der Waals surface area contributed by atoms with Crippen molar-refractivity contribution in [2.45, 2.75) is 26.0 Å². The minimum Gasteiger partial charge on any atom is -0.491 e. The van der Waals surface area contributed by atoms with Crippen molar-refractivity contribution in [3.05, 3.63) is 82.3 Å². The number of hydrazine groups is 1. The van der Waals surface area contributed by atoms with E-state index in [-0.39, 0.29) is 18.6 Å². The number of carbonyl (C=O) groups is 1. The maximum Gasteiger partial charge on any atom is 0.265 e. The fraction of sp³-hybridized carbons (Fsp3) is 0.310. The van der Waals surface area contributed by atoms with E-state index in [9.17, 15) is 9.90 Å². The van der Waals surface area contributed by atoms with Gasteiger partial charge in [0.1, 0.15) is 30.0 Å². The molecular formula is C29H31ClN4O4S. The Bertz CT molecular complexity index is 1410. The zero-order chi connectivity index (χ0) is 27.4. The molecule has 1 aromatic heterocycles. The second-order valence-electron chi connectivity index (χ2n) is 9.64. The lowest BCUT2D eigenvalue weighted by Crippen LogP contribution is -2.58. The average Bonchev–Trinajstić information content (AvgIpc) is 3.30. The van der Waals surface area contributed by atoms with E-state index in [4.69, 9.17) is 21.1 Å². The monoisotopic (exact) mass is 566 g/mol. The minimum absolute atomic E-state index is 0.151. The molecule has 1 saturated heterocycles. The van der Waals surface area contributed by atoms with Crippen LogP contribution in [0.15, 0.2) is 66.7 Å². The maximum atomic E-state index is 12.8. The smallest absolute Gasteiger partial charge is 0.265 e. The molecule has 10 heteroatoms. The van der Waals surface area contributed by atoms with Crippen LogP contribution in [0.4, 0.5) is 0 Å². The number of aliphatic hydroxyl groups excluding tert-OH is 1. The summed E-state index contributed by atoms with van der Waals surface area (Å²) in [4.78, 5) is 19.5. The molecule has 1 fully saturated rings. The highest BCUT2D eigenvalue weighted by Crippen LogP contribution is 2.26. The normalized spacial score (nSPS) is 17.2. The van der Waals surface area contributed by atoms with E-state index >= 15 is 0 Å². The van der Waals surface area contributed by atoms with Crippen molar-refractivity contribution in [3.63, 3.8) is 0 Å². The van der Waals surface area contributed by atoms with Crippen LogP contribution in [0.5, 0.6) is 17.2 Å². The number of hydrogen-bond donors (Lipinski definition) is 2. The number of nitrogens with one attached hydrogen (secondary N) is 1. The molecule has 0 aliphatic carbocycles. The molecule has 8 nitrogen and oxygen atoms in total. The molecule has 0 radical (unpaired) electrons. The molecule has 1 amide bonds. The molecule has 4 aromatic rings. The molecule has 0 spiro atoms. The van der Waals surface area contributed by atoms with Gasteiger partial charge in [-0.1, -0.05) is 11.6 Å². The Morgan fingerprint density at radius 1 is 1.10 bits per heavy atom. The van der Waals surface area contributed by atoms with Gasteiger partial charge in [-0.25, -0.2) is 9.99 Å². The number of ether oxygens (including phenoxy) is 2. The van der Waals surface area contributed by atoms with Crippen LogP contribution in [0.2, 0.25) is 5.02 Å². The summed E-state index contributed by atoms with van der Waals surface area (Å²) in [5.74, 6) is 1.84. The summed E-state index contributed by atoms with van der Waals surface area (Å²) in [5.41, 5.74) is 4.46. The molecule has 204 valence electrons. The number of benzene rings is 3. The fourth-order valence-corrected chi connectivity index (χ4v) is 5.45. The highest BCUT2D eigenvalue weighted by atomic mass is 35.5. The van der Waals surface area contributed by atoms with Gasteiger partial charge in [-0.05, 0) is 74.5 Å². The molecule has 0 saturated carbocycles. The minimum atomic E-state index is -0.630. The standard InChI is InChI=1S/C29H31ClN4O4S/c1-19-16-34(32-29(36)21-3-7-24(8-4-21)38-25-9-5-22(30)6-10-25)14-13-33(19)17-23(35)18-37-26-11-12-28-27(15-26)31-20(2)39-28/h3-12,15,19,23,35H,13-14,16-18H2,1-2H3,(H,32,36)/t19-,23+/m0/s1. The quantitative estimate of drug-likeness (QED) is 0.290. The average molecular weight is 567 g/mol. The van der Waals surface area contributed by atoms with Crippen molar-refractivity contribution in [2.75, 3.05) is 32.8 Å². The Morgan fingerprint density at radius 3 is 2.51 bits per heavy atom. The zero-order valence-corrected chi connectivity index (χ0v) is 23.4. The van der Waals surface area contributed by atoms with E-state index in [1.54, 1.807) is 59.9 Å². The summed E-state index contributed by atoms with van der Waals surface area (Å²) in [6.07, 6.45) is -0.630. The molecule has 39 heavy (non-hydrogen) atoms. The van der Waals surface area contributed by atoms with Gasteiger partial charge >= 0.3 is 0 Å². The SMILES string of the molecule is Cc1nc2cc(OC[C@H](O)CN3CCN(NC(=O)c4ccc(Oc5ccc(Cl)cc5)cc4)C[C@@H]3C)ccc2s1. The third-order valence-electron chi connectivity index (χ3n) is 6.54. The van der Waals surface area contributed by atoms with E-state index in [2.05, 4.69) is 22.2 Å². The van der Waals surface area contributed by atoms with Crippen LogP contribution in [-0.2, 0) is 0 Å². The molecular weight excluding hydrogens is 536 g/mol. The second-order valence-corrected chi connectivity index (χ2v) is 11.3. The van der Waals surface area contributed by atoms with E-state index in [1.165, 1.54) is 0 Å². The van der Waals surface area contributed by atoms with Crippen LogP contribution in [0.25, 0.3) is 10.2 Å². The zero-order valence-electron chi connectivity index (χ0n) is 21.8. The fourth-order valence-electron chi connectivity index (χ4n) is 4.52. The Kier molecular flexibility index (Phi) is 8.64. The molecule has 0 bridgehead atoms. The van der Waals surface area contributed by atoms with Crippen molar-refractivity contribution in [2.24, 2.45) is 0 Å². The number of halogens is 1. The molecule has 5 rings (SSSR count). The number of nitrogens with zero attached hydrogens (tertiary/aromatic N) is 3. The van der Waals surface area contributed by atoms with Gasteiger partial charge in [-0.2, -0.15) is 0 Å². The number of rotatable bonds is 9. The van der Waals surface area contributed by atoms with E-state index in [1.807, 2.05) is 30.1 Å². The largest absolute Gasteiger partial charge is 0.491 e. The first-order chi connectivity index (χ1) is 18.8. The highest BCUT2D eigenvalue weighted by molar-refractivity contribution is 7.18. The van der Waals surface area contributed by atoms with Gasteiger partial charge in [0.15, 0.2) is 0 Å². The number of carbonyl (C=O) groups excluding carboxylic acids is 1. The van der Waals surface area contributed by atoms with Gasteiger partial charge in [0.05, 0.1) is 15.2 Å². The summed E-state index contributed by atoms with van der Waals surface area (Å²) in [5, 5.41) is 14.2. The topological polar surface area (TPSA) is 87.2 Å². The van der Waals surface area contributed by atoms with Gasteiger partial charge in [-0.15, -0.1) is 11.3 Å². The van der Waals surface area contributed by atoms with Crippen LogP contribution >= 0.6 is 22.9 Å². The summed E-state index contributed by atoms with van der Waals surface area (Å²) < 4.78 is 12.8. The van der Waals surface area contributed by atoms with Gasteiger partial charge < -0.3 is 14.6 Å². The van der Waals surface area contributed by atoms with Crippen molar-refractivity contribution in [1.82, 2.24) is 20.3 Å². The number of fused-ring (bicyclic) bond motifs is 1. The number of hydrogen-bond acceptors (Lipinski definition) is 8. The van der Waals surface area contributed by atoms with Crippen molar-refractivity contribution in [1.29, 1.82) is 0 Å². The summed E-state index contributed by atoms with van der Waals surface area (Å²) in [6.45, 7) is 6.80. The lowest BCUT2D eigenvalue weighted by atomic mass is 10.2. The summed E-state index contributed by atoms with van der Waals surface area (Å²) in [7, 11) is 0. The van der Waals surface area contributed by atoms with Crippen molar-refractivity contribution >= 4 is 39.1 Å². The molecule has 3 aromatic carbocycles. The number of aromatic nitrogens is 1. The second kappa shape index (κ2) is 12.3. The Balaban J connectivity index is 1.06. The first-order valence-corrected chi connectivity index (χ1v) is 14.0. The molecule has 2 heterocycles. The lowest BCUT2D eigenvalue weighted by Gasteiger charge is -2.40. The van der Waals surface area contributed by atoms with Crippen LogP contribution in [0.1, 0.15) is 22.3 Å². The highest BCUT2D eigenvalue weighted by Gasteiger charge is 2.26. The van der Waals surface area contributed by atoms with Crippen LogP contribution in [0.3, 0.4) is 0 Å². The number of aryl methyl sites for hydroxylation is 1. The first-order valence-electron chi connectivity index (χ1n) is 12.8. The van der Waals surface area contributed by atoms with Gasteiger partial charge in [0.25, 0.3) is 5.91 Å². The van der Waals surface area contributed by atoms with E-state index in [0.29, 0.717) is 47.5 Å². The van der Waals surface area contributed by atoms with Crippen LogP contribution in [-0.4, -0.2) is 70.8 Å². The van der Waals surface area contributed by atoms with E-state index in [0.717, 1.165) is 21.8 Å². The molecule has 1 aliphatic rings. The predicted octanol–water partition coefficient (Wildman–Crippen LogP) is 5.14. The number of amides is 1. The van der Waals surface area contributed by atoms with E-state index < -0.39 is 6.10 Å². The van der Waals surface area contributed by atoms with Crippen molar-refractivity contribution in [3.8, 4) is 17.2 Å². The van der Waals surface area contributed by atoms with Gasteiger partial charge in [0, 0.05) is 48.9 Å². The Labute approximate surface area is 236 Å². The third kappa shape index (κ3) is 7.26. The summed E-state index contributed by atoms with van der Waals surface area (Å²) >= 11 is 7.56. The number of thiazole rings is 1. The molecule has 2 N–H and O–H groups in total. The molecule has 2 atom stereocenters. The maximum absolute atomic E-state index is 12.8. The Hall–Kier alpha value is -3.21. The first kappa shape index (κ1) is 27.4. The number of aliphatic hydroxyl groups is 1. The lowest BCUT2D eigenvalue weighted by molar-refractivity contribution is 0.00755. The molecule has 0 unspecified atom stereocenters. The Morgan fingerprint density at radius 2 is 1.79 bits per heavy atom. The third-order valence-corrected chi connectivity index (χ3v) is 7.75. The predicted molar refractivity (Wildman–Crippen MR) is 154 cm³/mol. The number of piperazine rings is 1.